The van der Waals surface area contributed by atoms with Gasteiger partial charge in [-0.05, 0) is 38.4 Å². The molecule has 0 N–H and O–H groups in total. The highest BCUT2D eigenvalue weighted by Crippen LogP contribution is 2.44. The van der Waals surface area contributed by atoms with Crippen molar-refractivity contribution in [2.75, 3.05) is 46.3 Å². The molecule has 0 bridgehead atoms. The number of fused-ring (bicyclic) bond motifs is 3. The molecule has 0 spiro atoms. The summed E-state index contributed by atoms with van der Waals surface area (Å²) in [5, 5.41) is 1.68. The molecule has 9 nitrogen and oxygen atoms in total. The van der Waals surface area contributed by atoms with Crippen molar-refractivity contribution in [2.24, 2.45) is 7.05 Å². The number of amides is 1. The molecule has 4 rings (SSSR count). The number of rotatable bonds is 8. The van der Waals surface area contributed by atoms with E-state index in [2.05, 4.69) is 0 Å². The number of sulfonamides is 1. The van der Waals surface area contributed by atoms with Crippen LogP contribution in [0, 0.1) is 0 Å². The second kappa shape index (κ2) is 10.9. The lowest BCUT2D eigenvalue weighted by atomic mass is 10.1. The Labute approximate surface area is 222 Å². The number of likely N-dealkylation sites (N-methyl/N-ethyl adjacent to an activating group) is 1. The normalized spacial score (nSPS) is 11.4. The maximum atomic E-state index is 14.2. The summed E-state index contributed by atoms with van der Waals surface area (Å²) in [5.41, 5.74) is 1.83. The van der Waals surface area contributed by atoms with Gasteiger partial charge in [0.05, 0.1) is 32.8 Å². The van der Waals surface area contributed by atoms with E-state index in [0.717, 1.165) is 26.1 Å². The quantitative estimate of drug-likeness (QED) is 0.328. The van der Waals surface area contributed by atoms with Crippen LogP contribution in [-0.4, -0.2) is 65.8 Å². The monoisotopic (exact) mass is 547 g/mol. The third-order valence-corrected chi connectivity index (χ3v) is 7.71. The number of hydrogen-bond donors (Lipinski definition) is 0. The number of methoxy groups -OCH3 is 3. The van der Waals surface area contributed by atoms with Gasteiger partial charge in [0, 0.05) is 41.0 Å². The fraction of sp³-hybridized carbons (Fsp3) is 0.269. The minimum absolute atomic E-state index is 0. The fourth-order valence-electron chi connectivity index (χ4n) is 4.31. The molecule has 0 unspecified atom stereocenters. The summed E-state index contributed by atoms with van der Waals surface area (Å²) in [7, 11) is 5.17. The van der Waals surface area contributed by atoms with Crippen LogP contribution in [0.15, 0.2) is 59.5 Å². The molecule has 0 atom stereocenters. The van der Waals surface area contributed by atoms with Crippen LogP contribution in [0.1, 0.15) is 0 Å². The first-order valence-corrected chi connectivity index (χ1v) is 12.6. The molecule has 0 saturated carbocycles. The highest BCUT2D eigenvalue weighted by Gasteiger charge is 2.36. The van der Waals surface area contributed by atoms with Crippen molar-refractivity contribution in [2.45, 2.75) is 4.90 Å². The van der Waals surface area contributed by atoms with E-state index in [1.165, 1.54) is 39.5 Å². The van der Waals surface area contributed by atoms with E-state index in [1.54, 1.807) is 31.1 Å². The third kappa shape index (κ3) is 4.92. The Balaban J connectivity index is 0.00000380. The number of carbonyl (C=O) groups is 1. The van der Waals surface area contributed by atoms with Crippen LogP contribution >= 0.6 is 12.4 Å². The molecule has 0 aliphatic carbocycles. The zero-order chi connectivity index (χ0) is 26.2. The van der Waals surface area contributed by atoms with Gasteiger partial charge in [-0.15, -0.1) is 12.4 Å². The van der Waals surface area contributed by atoms with Crippen LogP contribution in [0.25, 0.3) is 21.8 Å². The molecule has 1 aromatic heterocycles. The Bertz CT molecular complexity index is 1540. The maximum Gasteiger partial charge on any atom is 0.271 e. The number of ether oxygens (including phenoxy) is 3. The topological polar surface area (TPSA) is 90.3 Å². The molecular weight excluding hydrogens is 518 g/mol. The largest absolute Gasteiger partial charge is 0.496 e. The Hall–Kier alpha value is -3.47. The molecule has 0 radical (unpaired) electrons. The number of para-hydroxylation sites is 1. The zero-order valence-electron chi connectivity index (χ0n) is 21.5. The van der Waals surface area contributed by atoms with E-state index in [9.17, 15) is 13.2 Å². The molecule has 0 aliphatic heterocycles. The molecule has 0 aliphatic rings. The van der Waals surface area contributed by atoms with Gasteiger partial charge in [-0.2, -0.15) is 4.31 Å². The second-order valence-electron chi connectivity index (χ2n) is 8.54. The molecule has 1 amide bonds. The Morgan fingerprint density at radius 2 is 1.46 bits per heavy atom. The lowest BCUT2D eigenvalue weighted by Gasteiger charge is -2.27. The fourth-order valence-corrected chi connectivity index (χ4v) is 5.78. The van der Waals surface area contributed by atoms with Crippen LogP contribution < -0.4 is 18.5 Å². The van der Waals surface area contributed by atoms with Gasteiger partial charge in [0.15, 0.2) is 11.5 Å². The summed E-state index contributed by atoms with van der Waals surface area (Å²) in [5.74, 6) is -0.0388. The molecule has 1 heterocycles. The first kappa shape index (κ1) is 28.1. The molecule has 0 fully saturated rings. The summed E-state index contributed by atoms with van der Waals surface area (Å²) in [6.45, 7) is -0.159. The van der Waals surface area contributed by atoms with Crippen molar-refractivity contribution in [3.63, 3.8) is 0 Å². The van der Waals surface area contributed by atoms with Crippen LogP contribution in [0.3, 0.4) is 0 Å². The van der Waals surface area contributed by atoms with Crippen molar-refractivity contribution in [1.29, 1.82) is 0 Å². The lowest BCUT2D eigenvalue weighted by molar-refractivity contribution is -0.118. The van der Waals surface area contributed by atoms with Crippen LogP contribution in [-0.2, 0) is 21.9 Å². The summed E-state index contributed by atoms with van der Waals surface area (Å²) >= 11 is 0. The van der Waals surface area contributed by atoms with Crippen molar-refractivity contribution < 1.29 is 27.4 Å². The Kier molecular flexibility index (Phi) is 8.26. The Morgan fingerprint density at radius 3 is 2.03 bits per heavy atom. The van der Waals surface area contributed by atoms with Gasteiger partial charge in [-0.3, -0.25) is 4.79 Å². The number of aromatic nitrogens is 1. The van der Waals surface area contributed by atoms with E-state index in [4.69, 9.17) is 14.2 Å². The van der Waals surface area contributed by atoms with Crippen LogP contribution in [0.5, 0.6) is 17.2 Å². The van der Waals surface area contributed by atoms with E-state index >= 15 is 0 Å². The van der Waals surface area contributed by atoms with Crippen molar-refractivity contribution in [3.8, 4) is 17.2 Å². The third-order valence-electron chi connectivity index (χ3n) is 5.99. The van der Waals surface area contributed by atoms with E-state index in [0.29, 0.717) is 5.75 Å². The summed E-state index contributed by atoms with van der Waals surface area (Å²) < 4.78 is 47.4. The summed E-state index contributed by atoms with van der Waals surface area (Å²) in [4.78, 5) is 15.1. The van der Waals surface area contributed by atoms with Gasteiger partial charge >= 0.3 is 0 Å². The summed E-state index contributed by atoms with van der Waals surface area (Å²) in [6, 6.07) is 15.6. The van der Waals surface area contributed by atoms with E-state index < -0.39 is 15.9 Å². The predicted molar refractivity (Wildman–Crippen MR) is 147 cm³/mol. The van der Waals surface area contributed by atoms with Gasteiger partial charge in [0.1, 0.15) is 11.4 Å². The number of benzene rings is 3. The molecule has 198 valence electrons. The van der Waals surface area contributed by atoms with E-state index in [-0.39, 0.29) is 41.0 Å². The van der Waals surface area contributed by atoms with Gasteiger partial charge in [0.25, 0.3) is 15.9 Å². The van der Waals surface area contributed by atoms with E-state index in [1.807, 2.05) is 35.9 Å². The highest BCUT2D eigenvalue weighted by molar-refractivity contribution is 7.93. The molecule has 0 saturated heterocycles. The zero-order valence-corrected chi connectivity index (χ0v) is 23.1. The number of hydrogen-bond acceptors (Lipinski definition) is 7. The number of nitrogens with zero attached hydrogens (tertiary/aromatic N) is 3. The minimum atomic E-state index is -4.39. The van der Waals surface area contributed by atoms with Crippen LogP contribution in [0.2, 0.25) is 0 Å². The number of carbonyl (C=O) groups excluding carboxylic acids is 1. The highest BCUT2D eigenvalue weighted by atomic mass is 35.5. The predicted octanol–water partition coefficient (Wildman–Crippen LogP) is 4.06. The minimum Gasteiger partial charge on any atom is -0.496 e. The SMILES string of the molecule is COc1cc(OC)c(N(C(=O)CN(C)C)S(=O)(=O)c2ccc3c(c2)c2ccccc2n3C)c(OC)c1.Cl. The molecule has 3 aromatic carbocycles. The average molecular weight is 548 g/mol. The molecular formula is C26H30ClN3O6S. The van der Waals surface area contributed by atoms with Gasteiger partial charge in [0.2, 0.25) is 0 Å². The van der Waals surface area contributed by atoms with Crippen LogP contribution in [0.4, 0.5) is 5.69 Å². The van der Waals surface area contributed by atoms with Gasteiger partial charge < -0.3 is 23.7 Å². The number of halogens is 1. The molecule has 11 heteroatoms. The second-order valence-corrected chi connectivity index (χ2v) is 10.3. The number of aryl methyl sites for hydroxylation is 1. The Morgan fingerprint density at radius 1 is 0.865 bits per heavy atom. The molecule has 4 aromatic rings. The summed E-state index contributed by atoms with van der Waals surface area (Å²) in [6.07, 6.45) is 0. The first-order valence-electron chi connectivity index (χ1n) is 11.1. The first-order chi connectivity index (χ1) is 17.1. The molecule has 37 heavy (non-hydrogen) atoms. The van der Waals surface area contributed by atoms with Gasteiger partial charge in [-0.1, -0.05) is 18.2 Å². The standard InChI is InChI=1S/C26H29N3O6S.ClH/c1-27(2)16-25(30)29(26-23(34-5)13-17(33-4)14-24(26)35-6)36(31,32)18-11-12-22-20(15-18)19-9-7-8-10-21(19)28(22)3;/h7-15H,16H2,1-6H3;1H. The smallest absolute Gasteiger partial charge is 0.271 e. The van der Waals surface area contributed by atoms with Gasteiger partial charge in [-0.25, -0.2) is 8.42 Å². The maximum absolute atomic E-state index is 14.2. The van der Waals surface area contributed by atoms with Crippen molar-refractivity contribution in [1.82, 2.24) is 9.47 Å². The number of anilines is 1. The average Bonchev–Trinajstić information content (AvgIpc) is 3.15. The van der Waals surface area contributed by atoms with Crippen molar-refractivity contribution in [3.05, 3.63) is 54.6 Å². The van der Waals surface area contributed by atoms with Crippen molar-refractivity contribution >= 4 is 55.8 Å². The lowest BCUT2D eigenvalue weighted by Crippen LogP contribution is -2.42.